The van der Waals surface area contributed by atoms with Crippen molar-refractivity contribution >= 4 is 0 Å². The van der Waals surface area contributed by atoms with Gasteiger partial charge in [-0.05, 0) is 85.8 Å². The van der Waals surface area contributed by atoms with Gasteiger partial charge in [-0.15, -0.1) is 0 Å². The Hall–Kier alpha value is -1.43. The van der Waals surface area contributed by atoms with Crippen molar-refractivity contribution in [3.8, 4) is 6.07 Å². The first kappa shape index (κ1) is 22.8. The number of hydrogen-bond donors (Lipinski definition) is 0. The molecule has 170 valence electrons. The van der Waals surface area contributed by atoms with Crippen LogP contribution in [0.15, 0.2) is 12.1 Å². The van der Waals surface area contributed by atoms with Crippen LogP contribution >= 0.6 is 0 Å². The van der Waals surface area contributed by atoms with Gasteiger partial charge >= 0.3 is 0 Å². The second-order valence-electron chi connectivity index (χ2n) is 10.8. The van der Waals surface area contributed by atoms with Crippen LogP contribution in [0, 0.1) is 46.6 Å². The van der Waals surface area contributed by atoms with Crippen LogP contribution in [0.2, 0.25) is 0 Å². The first-order valence-corrected chi connectivity index (χ1v) is 13.0. The average molecular weight is 428 g/mol. The molecule has 0 atom stereocenters. The van der Waals surface area contributed by atoms with Crippen LogP contribution < -0.4 is 0 Å². The maximum Gasteiger partial charge on any atom is 0.144 e. The summed E-state index contributed by atoms with van der Waals surface area (Å²) in [6, 6.07) is 4.41. The third-order valence-electron chi connectivity index (χ3n) is 8.93. The molecule has 3 heteroatoms. The molecule has 1 aromatic rings. The lowest BCUT2D eigenvalue weighted by Crippen LogP contribution is -2.25. The summed E-state index contributed by atoms with van der Waals surface area (Å²) >= 11 is 0. The fourth-order valence-electron chi connectivity index (χ4n) is 6.97. The molecular weight excluding hydrogens is 388 g/mol. The van der Waals surface area contributed by atoms with Crippen molar-refractivity contribution in [2.45, 2.75) is 109 Å². The van der Waals surface area contributed by atoms with E-state index in [2.05, 4.69) is 0 Å². The van der Waals surface area contributed by atoms with E-state index in [9.17, 15) is 8.78 Å². The van der Waals surface area contributed by atoms with E-state index in [-0.39, 0.29) is 5.92 Å². The van der Waals surface area contributed by atoms with Crippen molar-refractivity contribution < 1.29 is 8.78 Å². The number of benzene rings is 1. The summed E-state index contributed by atoms with van der Waals surface area (Å²) in [6.07, 6.45) is 21.8. The van der Waals surface area contributed by atoms with E-state index in [1.807, 2.05) is 0 Å². The molecule has 1 nitrogen and oxygen atoms in total. The Morgan fingerprint density at radius 3 is 1.71 bits per heavy atom. The van der Waals surface area contributed by atoms with Gasteiger partial charge in [-0.3, -0.25) is 0 Å². The number of nitriles is 1. The molecular formula is C28H39F2N. The molecule has 4 rings (SSSR count). The number of halogens is 2. The fraction of sp³-hybridized carbons (Fsp3) is 0.750. The van der Waals surface area contributed by atoms with Crippen LogP contribution in [0.5, 0.6) is 0 Å². The van der Waals surface area contributed by atoms with E-state index in [1.54, 1.807) is 6.07 Å². The van der Waals surface area contributed by atoms with Crippen LogP contribution in [0.25, 0.3) is 0 Å². The summed E-state index contributed by atoms with van der Waals surface area (Å²) in [5.74, 6) is 2.49. The Morgan fingerprint density at radius 1 is 0.710 bits per heavy atom. The number of nitrogens with zero attached hydrogens (tertiary/aromatic N) is 1. The molecule has 0 spiro atoms. The minimum Gasteiger partial charge on any atom is -0.205 e. The third kappa shape index (κ3) is 5.88. The second-order valence-corrected chi connectivity index (χ2v) is 10.8. The molecule has 1 aromatic carbocycles. The van der Waals surface area contributed by atoms with Crippen molar-refractivity contribution in [1.29, 1.82) is 5.26 Å². The molecule has 3 fully saturated rings. The van der Waals surface area contributed by atoms with Gasteiger partial charge in [0.15, 0.2) is 0 Å². The van der Waals surface area contributed by atoms with Gasteiger partial charge in [0.2, 0.25) is 0 Å². The average Bonchev–Trinajstić information content (AvgIpc) is 3.31. The van der Waals surface area contributed by atoms with Crippen LogP contribution in [0.3, 0.4) is 0 Å². The largest absolute Gasteiger partial charge is 0.205 e. The fourth-order valence-corrected chi connectivity index (χ4v) is 6.97. The highest BCUT2D eigenvalue weighted by Crippen LogP contribution is 2.45. The van der Waals surface area contributed by atoms with Gasteiger partial charge in [0, 0.05) is 0 Å². The molecule has 0 aromatic heterocycles. The highest BCUT2D eigenvalue weighted by molar-refractivity contribution is 5.36. The lowest BCUT2D eigenvalue weighted by molar-refractivity contribution is 0.155. The van der Waals surface area contributed by atoms with Gasteiger partial charge in [0.25, 0.3) is 0 Å². The molecule has 0 radical (unpaired) electrons. The van der Waals surface area contributed by atoms with E-state index in [4.69, 9.17) is 5.26 Å². The Kier molecular flexibility index (Phi) is 8.02. The van der Waals surface area contributed by atoms with Crippen LogP contribution in [0.4, 0.5) is 8.78 Å². The summed E-state index contributed by atoms with van der Waals surface area (Å²) in [6.45, 7) is 0. The van der Waals surface area contributed by atoms with Crippen LogP contribution in [-0.2, 0) is 0 Å². The van der Waals surface area contributed by atoms with Crippen molar-refractivity contribution in [2.75, 3.05) is 0 Å². The maximum absolute atomic E-state index is 14.0. The summed E-state index contributed by atoms with van der Waals surface area (Å²) in [4.78, 5) is 0. The lowest BCUT2D eigenvalue weighted by Gasteiger charge is -2.38. The van der Waals surface area contributed by atoms with Gasteiger partial charge in [0.1, 0.15) is 23.3 Å². The zero-order chi connectivity index (χ0) is 21.6. The molecule has 31 heavy (non-hydrogen) atoms. The lowest BCUT2D eigenvalue weighted by atomic mass is 9.68. The zero-order valence-corrected chi connectivity index (χ0v) is 19.1. The van der Waals surface area contributed by atoms with Gasteiger partial charge in [-0.1, -0.05) is 64.2 Å². The van der Waals surface area contributed by atoms with Crippen molar-refractivity contribution in [3.63, 3.8) is 0 Å². The van der Waals surface area contributed by atoms with Crippen molar-refractivity contribution in [3.05, 3.63) is 34.9 Å². The van der Waals surface area contributed by atoms with Gasteiger partial charge in [-0.2, -0.15) is 5.26 Å². The molecule has 3 aliphatic rings. The Balaban J connectivity index is 1.16. The molecule has 0 heterocycles. The molecule has 0 aliphatic heterocycles. The quantitative estimate of drug-likeness (QED) is 0.399. The minimum atomic E-state index is -0.707. The summed E-state index contributed by atoms with van der Waals surface area (Å²) in [7, 11) is 0. The van der Waals surface area contributed by atoms with E-state index >= 15 is 0 Å². The maximum atomic E-state index is 14.0. The van der Waals surface area contributed by atoms with Crippen molar-refractivity contribution in [2.24, 2.45) is 23.7 Å². The van der Waals surface area contributed by atoms with Gasteiger partial charge in [-0.25, -0.2) is 8.78 Å². The van der Waals surface area contributed by atoms with E-state index < -0.39 is 17.2 Å². The highest BCUT2D eigenvalue weighted by atomic mass is 19.1. The normalized spacial score (nSPS) is 29.7. The summed E-state index contributed by atoms with van der Waals surface area (Å²) in [5.41, 5.74) is 0.293. The van der Waals surface area contributed by atoms with Crippen LogP contribution in [-0.4, -0.2) is 0 Å². The van der Waals surface area contributed by atoms with E-state index in [0.29, 0.717) is 0 Å². The van der Waals surface area contributed by atoms with Gasteiger partial charge < -0.3 is 0 Å². The molecule has 3 aliphatic carbocycles. The molecule has 3 saturated carbocycles. The Bertz CT molecular complexity index is 722. The van der Waals surface area contributed by atoms with Crippen molar-refractivity contribution in [1.82, 2.24) is 0 Å². The molecule has 0 unspecified atom stereocenters. The smallest absolute Gasteiger partial charge is 0.144 e. The minimum absolute atomic E-state index is 0.240. The topological polar surface area (TPSA) is 23.8 Å². The number of rotatable bonds is 7. The number of unbranched alkanes of at least 4 members (excludes halogenated alkanes) is 1. The summed E-state index contributed by atoms with van der Waals surface area (Å²) < 4.78 is 28.0. The SMILES string of the molecule is N#Cc1c(F)cc([C@H]2CC[C@H]([C@H]3CC[C@H](CCCCC4CCCC4)CC3)CC2)cc1F. The van der Waals surface area contributed by atoms with Crippen LogP contribution in [0.1, 0.15) is 120 Å². The monoisotopic (exact) mass is 427 g/mol. The molecule has 0 N–H and O–H groups in total. The summed E-state index contributed by atoms with van der Waals surface area (Å²) in [5, 5.41) is 8.87. The predicted octanol–water partition coefficient (Wildman–Crippen LogP) is 8.67. The molecule has 0 bridgehead atoms. The second kappa shape index (κ2) is 10.9. The van der Waals surface area contributed by atoms with Gasteiger partial charge in [0.05, 0.1) is 0 Å². The van der Waals surface area contributed by atoms with E-state index in [0.717, 1.165) is 42.1 Å². The third-order valence-corrected chi connectivity index (χ3v) is 8.93. The van der Waals surface area contributed by atoms with E-state index in [1.165, 1.54) is 102 Å². The number of hydrogen-bond acceptors (Lipinski definition) is 1. The molecule has 0 amide bonds. The predicted molar refractivity (Wildman–Crippen MR) is 122 cm³/mol. The Morgan fingerprint density at radius 2 is 1.19 bits per heavy atom. The molecule has 0 saturated heterocycles. The highest BCUT2D eigenvalue weighted by Gasteiger charge is 2.31. The Labute approximate surface area is 187 Å². The zero-order valence-electron chi connectivity index (χ0n) is 19.1. The first-order valence-electron chi connectivity index (χ1n) is 13.0. The standard InChI is InChI=1S/C28H39F2N/c29-27-17-25(18-28(30)26(27)19-31)24-15-13-23(14-16-24)22-11-9-21(10-12-22)8-4-3-7-20-5-1-2-6-20/h17-18,20-24H,1-16H2/t21-,22-,23-,24-. The first-order chi connectivity index (χ1) is 15.1.